The Kier molecular flexibility index (Phi) is 5.20. The van der Waals surface area contributed by atoms with Crippen molar-refractivity contribution < 1.29 is 4.79 Å². The summed E-state index contributed by atoms with van der Waals surface area (Å²) in [7, 11) is 0. The van der Waals surface area contributed by atoms with Gasteiger partial charge in [-0.15, -0.1) is 0 Å². The molecule has 0 saturated carbocycles. The monoisotopic (exact) mass is 248 g/mol. The summed E-state index contributed by atoms with van der Waals surface area (Å²) in [6.45, 7) is 9.98. The van der Waals surface area contributed by atoms with Crippen LogP contribution in [0.4, 0.5) is 5.69 Å². The normalized spacial score (nSPS) is 11.1. The molecule has 1 aromatic carbocycles. The fraction of sp³-hybridized carbons (Fsp3) is 0.533. The van der Waals surface area contributed by atoms with E-state index in [4.69, 9.17) is 0 Å². The van der Waals surface area contributed by atoms with Crippen LogP contribution in [-0.2, 0) is 0 Å². The molecule has 2 N–H and O–H groups in total. The van der Waals surface area contributed by atoms with Crippen LogP contribution in [0, 0.1) is 5.41 Å². The van der Waals surface area contributed by atoms with Crippen LogP contribution < -0.4 is 10.6 Å². The molecule has 1 rings (SSSR count). The van der Waals surface area contributed by atoms with E-state index in [1.807, 2.05) is 24.3 Å². The molecular weight excluding hydrogens is 224 g/mol. The summed E-state index contributed by atoms with van der Waals surface area (Å²) >= 11 is 0. The molecule has 0 heterocycles. The first-order chi connectivity index (χ1) is 8.44. The molecule has 0 unspecified atom stereocenters. The third kappa shape index (κ3) is 4.78. The molecule has 0 bridgehead atoms. The minimum absolute atomic E-state index is 0.0101. The zero-order chi connectivity index (χ0) is 13.6. The Morgan fingerprint density at radius 1 is 1.22 bits per heavy atom. The van der Waals surface area contributed by atoms with Gasteiger partial charge in [0, 0.05) is 18.8 Å². The number of hydrogen-bond donors (Lipinski definition) is 2. The lowest BCUT2D eigenvalue weighted by Gasteiger charge is -2.19. The number of para-hydroxylation sites is 1. The van der Waals surface area contributed by atoms with Crippen molar-refractivity contribution in [3.63, 3.8) is 0 Å². The number of benzene rings is 1. The number of hydrogen-bond acceptors (Lipinski definition) is 2. The van der Waals surface area contributed by atoms with Crippen molar-refractivity contribution in [2.45, 2.75) is 34.1 Å². The molecule has 0 radical (unpaired) electrons. The van der Waals surface area contributed by atoms with Crippen molar-refractivity contribution >= 4 is 11.6 Å². The first-order valence-corrected chi connectivity index (χ1v) is 6.55. The van der Waals surface area contributed by atoms with Gasteiger partial charge in [-0.05, 0) is 24.0 Å². The van der Waals surface area contributed by atoms with Gasteiger partial charge in [0.05, 0.1) is 5.56 Å². The van der Waals surface area contributed by atoms with Crippen LogP contribution in [0.25, 0.3) is 0 Å². The van der Waals surface area contributed by atoms with Gasteiger partial charge < -0.3 is 10.6 Å². The van der Waals surface area contributed by atoms with Crippen LogP contribution >= 0.6 is 0 Å². The molecule has 0 fully saturated rings. The van der Waals surface area contributed by atoms with Gasteiger partial charge in [-0.1, -0.05) is 39.8 Å². The van der Waals surface area contributed by atoms with Crippen molar-refractivity contribution in [2.75, 3.05) is 18.4 Å². The molecule has 18 heavy (non-hydrogen) atoms. The number of carbonyl (C=O) groups excluding carboxylic acids is 1. The third-order valence-corrected chi connectivity index (χ3v) is 2.52. The Bertz CT molecular complexity index is 394. The molecule has 0 aliphatic heterocycles. The summed E-state index contributed by atoms with van der Waals surface area (Å²) in [6.07, 6.45) is 1.04. The van der Waals surface area contributed by atoms with Gasteiger partial charge in [0.25, 0.3) is 5.91 Å². The Morgan fingerprint density at radius 2 is 1.89 bits per heavy atom. The minimum atomic E-state index is -0.0101. The van der Waals surface area contributed by atoms with Gasteiger partial charge in [0.15, 0.2) is 0 Å². The molecule has 0 aliphatic carbocycles. The SMILES string of the molecule is CCCNc1ccccc1C(=O)NCC(C)(C)C. The predicted octanol–water partition coefficient (Wildman–Crippen LogP) is 3.28. The van der Waals surface area contributed by atoms with Crippen LogP contribution in [0.15, 0.2) is 24.3 Å². The Labute approximate surface area is 110 Å². The van der Waals surface area contributed by atoms with E-state index in [2.05, 4.69) is 38.3 Å². The van der Waals surface area contributed by atoms with Crippen molar-refractivity contribution in [3.05, 3.63) is 29.8 Å². The second kappa shape index (κ2) is 6.43. The average Bonchev–Trinajstić information content (AvgIpc) is 2.33. The fourth-order valence-corrected chi connectivity index (χ4v) is 1.54. The lowest BCUT2D eigenvalue weighted by molar-refractivity contribution is 0.0940. The maximum atomic E-state index is 12.1. The Balaban J connectivity index is 2.72. The number of amides is 1. The highest BCUT2D eigenvalue weighted by Gasteiger charge is 2.14. The van der Waals surface area contributed by atoms with Crippen LogP contribution in [0.1, 0.15) is 44.5 Å². The minimum Gasteiger partial charge on any atom is -0.384 e. The van der Waals surface area contributed by atoms with Crippen molar-refractivity contribution in [2.24, 2.45) is 5.41 Å². The summed E-state index contributed by atoms with van der Waals surface area (Å²) in [6, 6.07) is 7.64. The van der Waals surface area contributed by atoms with Gasteiger partial charge in [0.2, 0.25) is 0 Å². The van der Waals surface area contributed by atoms with Gasteiger partial charge in [-0.25, -0.2) is 0 Å². The number of nitrogens with one attached hydrogen (secondary N) is 2. The highest BCUT2D eigenvalue weighted by atomic mass is 16.1. The average molecular weight is 248 g/mol. The molecule has 0 saturated heterocycles. The fourth-order valence-electron chi connectivity index (χ4n) is 1.54. The maximum Gasteiger partial charge on any atom is 0.253 e. The lowest BCUT2D eigenvalue weighted by Crippen LogP contribution is -2.32. The Hall–Kier alpha value is -1.51. The second-order valence-electron chi connectivity index (χ2n) is 5.72. The van der Waals surface area contributed by atoms with Crippen molar-refractivity contribution in [1.29, 1.82) is 0 Å². The summed E-state index contributed by atoms with van der Waals surface area (Å²) in [5.41, 5.74) is 1.72. The molecule has 0 atom stereocenters. The first kappa shape index (κ1) is 14.6. The molecule has 0 aliphatic rings. The molecule has 0 spiro atoms. The van der Waals surface area contributed by atoms with E-state index in [1.165, 1.54) is 0 Å². The van der Waals surface area contributed by atoms with E-state index in [-0.39, 0.29) is 11.3 Å². The van der Waals surface area contributed by atoms with E-state index in [0.29, 0.717) is 6.54 Å². The standard InChI is InChI=1S/C15H24N2O/c1-5-10-16-13-9-7-6-8-12(13)14(18)17-11-15(2,3)4/h6-9,16H,5,10-11H2,1-4H3,(H,17,18). The quantitative estimate of drug-likeness (QED) is 0.839. The summed E-state index contributed by atoms with van der Waals surface area (Å²) in [5.74, 6) is -0.0101. The van der Waals surface area contributed by atoms with E-state index in [0.717, 1.165) is 24.2 Å². The largest absolute Gasteiger partial charge is 0.384 e. The molecule has 1 amide bonds. The topological polar surface area (TPSA) is 41.1 Å². The van der Waals surface area contributed by atoms with E-state index in [9.17, 15) is 4.79 Å². The van der Waals surface area contributed by atoms with Crippen LogP contribution in [0.3, 0.4) is 0 Å². The Morgan fingerprint density at radius 3 is 2.50 bits per heavy atom. The smallest absolute Gasteiger partial charge is 0.253 e. The van der Waals surface area contributed by atoms with Gasteiger partial charge in [0.1, 0.15) is 0 Å². The summed E-state index contributed by atoms with van der Waals surface area (Å²) in [4.78, 5) is 12.1. The molecule has 100 valence electrons. The lowest BCUT2D eigenvalue weighted by atomic mass is 9.97. The number of carbonyl (C=O) groups is 1. The van der Waals surface area contributed by atoms with E-state index >= 15 is 0 Å². The second-order valence-corrected chi connectivity index (χ2v) is 5.72. The van der Waals surface area contributed by atoms with Crippen molar-refractivity contribution in [1.82, 2.24) is 5.32 Å². The summed E-state index contributed by atoms with van der Waals surface area (Å²) in [5, 5.41) is 6.26. The molecule has 3 heteroatoms. The number of rotatable bonds is 5. The zero-order valence-electron chi connectivity index (χ0n) is 11.8. The predicted molar refractivity (Wildman–Crippen MR) is 77.0 cm³/mol. The van der Waals surface area contributed by atoms with E-state index < -0.39 is 0 Å². The van der Waals surface area contributed by atoms with Crippen LogP contribution in [-0.4, -0.2) is 19.0 Å². The molecule has 0 aromatic heterocycles. The third-order valence-electron chi connectivity index (χ3n) is 2.52. The highest BCUT2D eigenvalue weighted by Crippen LogP contribution is 2.16. The van der Waals surface area contributed by atoms with Crippen LogP contribution in [0.5, 0.6) is 0 Å². The highest BCUT2D eigenvalue weighted by molar-refractivity contribution is 5.99. The number of anilines is 1. The molecule has 3 nitrogen and oxygen atoms in total. The zero-order valence-corrected chi connectivity index (χ0v) is 11.8. The maximum absolute atomic E-state index is 12.1. The van der Waals surface area contributed by atoms with Crippen molar-refractivity contribution in [3.8, 4) is 0 Å². The van der Waals surface area contributed by atoms with Gasteiger partial charge >= 0.3 is 0 Å². The molecule has 1 aromatic rings. The molecular formula is C15H24N2O. The summed E-state index contributed by atoms with van der Waals surface area (Å²) < 4.78 is 0. The van der Waals surface area contributed by atoms with Gasteiger partial charge in [-0.2, -0.15) is 0 Å². The van der Waals surface area contributed by atoms with Gasteiger partial charge in [-0.3, -0.25) is 4.79 Å². The van der Waals surface area contributed by atoms with Crippen LogP contribution in [0.2, 0.25) is 0 Å². The first-order valence-electron chi connectivity index (χ1n) is 6.55. The van der Waals surface area contributed by atoms with E-state index in [1.54, 1.807) is 0 Å².